The van der Waals surface area contributed by atoms with Crippen molar-refractivity contribution in [2.45, 2.75) is 19.9 Å². The molecule has 2 aromatic rings. The van der Waals surface area contributed by atoms with E-state index in [-0.39, 0.29) is 24.6 Å². The maximum Gasteiger partial charge on any atom is 0.326 e. The monoisotopic (exact) mass is 371 g/mol. The van der Waals surface area contributed by atoms with Crippen LogP contribution in [0.2, 0.25) is 0 Å². The SMILES string of the molecule is CC(=O)NCCN(C(=O)c1cccc(Oc2ccncc2)c1)C(C)C(=O)O. The Bertz CT molecular complexity index is 810. The Hall–Kier alpha value is -3.42. The van der Waals surface area contributed by atoms with Crippen LogP contribution in [-0.4, -0.2) is 51.9 Å². The average Bonchev–Trinajstić information content (AvgIpc) is 2.65. The molecule has 0 aliphatic rings. The van der Waals surface area contributed by atoms with Crippen LogP contribution in [0.5, 0.6) is 11.5 Å². The molecule has 0 fully saturated rings. The smallest absolute Gasteiger partial charge is 0.326 e. The molecule has 1 atom stereocenters. The first kappa shape index (κ1) is 19.9. The number of amides is 2. The number of hydrogen-bond donors (Lipinski definition) is 2. The summed E-state index contributed by atoms with van der Waals surface area (Å²) in [5.74, 6) is -0.836. The average molecular weight is 371 g/mol. The predicted molar refractivity (Wildman–Crippen MR) is 97.6 cm³/mol. The standard InChI is InChI=1S/C19H21N3O5/c1-13(19(25)26)22(11-10-21-14(2)23)18(24)15-4-3-5-17(12-15)27-16-6-8-20-9-7-16/h3-9,12-13H,10-11H2,1-2H3,(H,21,23)(H,25,26). The summed E-state index contributed by atoms with van der Waals surface area (Å²) in [5, 5.41) is 11.9. The highest BCUT2D eigenvalue weighted by molar-refractivity contribution is 5.97. The van der Waals surface area contributed by atoms with E-state index in [2.05, 4.69) is 10.3 Å². The maximum absolute atomic E-state index is 12.9. The third-order valence-electron chi connectivity index (χ3n) is 3.78. The zero-order valence-corrected chi connectivity index (χ0v) is 15.1. The number of carboxylic acids is 1. The van der Waals surface area contributed by atoms with Gasteiger partial charge in [-0.15, -0.1) is 0 Å². The number of nitrogens with zero attached hydrogens (tertiary/aromatic N) is 2. The van der Waals surface area contributed by atoms with Gasteiger partial charge in [-0.05, 0) is 37.3 Å². The van der Waals surface area contributed by atoms with Crippen LogP contribution in [0.25, 0.3) is 0 Å². The molecule has 0 saturated heterocycles. The summed E-state index contributed by atoms with van der Waals surface area (Å²) in [7, 11) is 0. The van der Waals surface area contributed by atoms with E-state index >= 15 is 0 Å². The van der Waals surface area contributed by atoms with E-state index in [0.29, 0.717) is 11.5 Å². The van der Waals surface area contributed by atoms with Gasteiger partial charge in [-0.3, -0.25) is 14.6 Å². The Morgan fingerprint density at radius 3 is 2.52 bits per heavy atom. The van der Waals surface area contributed by atoms with Crippen LogP contribution in [-0.2, 0) is 9.59 Å². The van der Waals surface area contributed by atoms with E-state index in [1.807, 2.05) is 0 Å². The molecular weight excluding hydrogens is 350 g/mol. The first-order chi connectivity index (χ1) is 12.9. The molecule has 8 heteroatoms. The molecule has 1 heterocycles. The van der Waals surface area contributed by atoms with Gasteiger partial charge in [0.05, 0.1) is 0 Å². The maximum atomic E-state index is 12.9. The second kappa shape index (κ2) is 9.33. The molecule has 0 saturated carbocycles. The predicted octanol–water partition coefficient (Wildman–Crippen LogP) is 1.93. The second-order valence-electron chi connectivity index (χ2n) is 5.81. The van der Waals surface area contributed by atoms with Crippen LogP contribution in [0.3, 0.4) is 0 Å². The number of carboxylic acid groups (broad SMARTS) is 1. The zero-order chi connectivity index (χ0) is 19.8. The van der Waals surface area contributed by atoms with Gasteiger partial charge in [0.25, 0.3) is 5.91 Å². The molecule has 0 aliphatic carbocycles. The zero-order valence-electron chi connectivity index (χ0n) is 15.1. The van der Waals surface area contributed by atoms with Crippen LogP contribution < -0.4 is 10.1 Å². The topological polar surface area (TPSA) is 109 Å². The number of benzene rings is 1. The number of aromatic nitrogens is 1. The molecule has 0 bridgehead atoms. The Morgan fingerprint density at radius 1 is 1.19 bits per heavy atom. The Kier molecular flexibility index (Phi) is 6.87. The lowest BCUT2D eigenvalue weighted by molar-refractivity contribution is -0.141. The first-order valence-electron chi connectivity index (χ1n) is 8.34. The van der Waals surface area contributed by atoms with Gasteiger partial charge in [0.15, 0.2) is 0 Å². The van der Waals surface area contributed by atoms with Gasteiger partial charge in [0, 0.05) is 38.0 Å². The molecule has 8 nitrogen and oxygen atoms in total. The molecule has 0 radical (unpaired) electrons. The number of hydrogen-bond acceptors (Lipinski definition) is 5. The summed E-state index contributed by atoms with van der Waals surface area (Å²) >= 11 is 0. The minimum atomic E-state index is -1.13. The number of pyridine rings is 1. The Balaban J connectivity index is 2.19. The highest BCUT2D eigenvalue weighted by atomic mass is 16.5. The van der Waals surface area contributed by atoms with Crippen molar-refractivity contribution < 1.29 is 24.2 Å². The highest BCUT2D eigenvalue weighted by Crippen LogP contribution is 2.22. The van der Waals surface area contributed by atoms with Crippen molar-refractivity contribution in [2.24, 2.45) is 0 Å². The fourth-order valence-corrected chi connectivity index (χ4v) is 2.36. The third kappa shape index (κ3) is 5.81. The van der Waals surface area contributed by atoms with Crippen molar-refractivity contribution in [1.82, 2.24) is 15.2 Å². The molecule has 1 unspecified atom stereocenters. The number of nitrogens with one attached hydrogen (secondary N) is 1. The first-order valence-corrected chi connectivity index (χ1v) is 8.34. The van der Waals surface area contributed by atoms with Gasteiger partial charge < -0.3 is 20.1 Å². The molecule has 0 spiro atoms. The summed E-state index contributed by atoms with van der Waals surface area (Å²) in [6.45, 7) is 3.01. The van der Waals surface area contributed by atoms with E-state index in [1.165, 1.54) is 18.7 Å². The number of carbonyl (C=O) groups is 3. The van der Waals surface area contributed by atoms with Crippen LogP contribution in [0.15, 0.2) is 48.8 Å². The summed E-state index contributed by atoms with van der Waals surface area (Å²) in [4.78, 5) is 40.4. The molecule has 27 heavy (non-hydrogen) atoms. The van der Waals surface area contributed by atoms with Gasteiger partial charge in [-0.2, -0.15) is 0 Å². The van der Waals surface area contributed by atoms with Gasteiger partial charge in [0.2, 0.25) is 5.91 Å². The molecule has 1 aromatic carbocycles. The van der Waals surface area contributed by atoms with Crippen LogP contribution in [0.1, 0.15) is 24.2 Å². The second-order valence-corrected chi connectivity index (χ2v) is 5.81. The van der Waals surface area contributed by atoms with Crippen molar-refractivity contribution >= 4 is 17.8 Å². The molecule has 2 N–H and O–H groups in total. The minimum absolute atomic E-state index is 0.0708. The number of rotatable bonds is 8. The van der Waals surface area contributed by atoms with Crippen LogP contribution in [0.4, 0.5) is 0 Å². The largest absolute Gasteiger partial charge is 0.480 e. The number of ether oxygens (including phenoxy) is 1. The molecule has 1 aromatic heterocycles. The number of carbonyl (C=O) groups excluding carboxylic acids is 2. The van der Waals surface area contributed by atoms with Crippen molar-refractivity contribution in [2.75, 3.05) is 13.1 Å². The summed E-state index contributed by atoms with van der Waals surface area (Å²) in [6, 6.07) is 8.79. The summed E-state index contributed by atoms with van der Waals surface area (Å²) < 4.78 is 5.69. The van der Waals surface area contributed by atoms with Crippen molar-refractivity contribution in [3.05, 3.63) is 54.4 Å². The lowest BCUT2D eigenvalue weighted by Crippen LogP contribution is -2.46. The Morgan fingerprint density at radius 2 is 1.89 bits per heavy atom. The highest BCUT2D eigenvalue weighted by Gasteiger charge is 2.26. The third-order valence-corrected chi connectivity index (χ3v) is 3.78. The fourth-order valence-electron chi connectivity index (χ4n) is 2.36. The molecule has 0 aliphatic heterocycles. The minimum Gasteiger partial charge on any atom is -0.480 e. The van der Waals surface area contributed by atoms with Crippen LogP contribution in [0, 0.1) is 0 Å². The van der Waals surface area contributed by atoms with E-state index in [1.54, 1.807) is 48.8 Å². The van der Waals surface area contributed by atoms with Crippen molar-refractivity contribution in [3.8, 4) is 11.5 Å². The van der Waals surface area contributed by atoms with Crippen molar-refractivity contribution in [3.63, 3.8) is 0 Å². The van der Waals surface area contributed by atoms with E-state index in [9.17, 15) is 19.5 Å². The molecule has 2 rings (SSSR count). The van der Waals surface area contributed by atoms with Gasteiger partial charge in [-0.1, -0.05) is 6.07 Å². The lowest BCUT2D eigenvalue weighted by atomic mass is 10.1. The van der Waals surface area contributed by atoms with Gasteiger partial charge in [0.1, 0.15) is 17.5 Å². The van der Waals surface area contributed by atoms with E-state index in [0.717, 1.165) is 0 Å². The lowest BCUT2D eigenvalue weighted by Gasteiger charge is -2.26. The fraction of sp³-hybridized carbons (Fsp3) is 0.263. The van der Waals surface area contributed by atoms with Gasteiger partial charge in [-0.25, -0.2) is 4.79 Å². The number of aliphatic carboxylic acids is 1. The van der Waals surface area contributed by atoms with E-state index < -0.39 is 17.9 Å². The molecule has 142 valence electrons. The van der Waals surface area contributed by atoms with Gasteiger partial charge >= 0.3 is 5.97 Å². The normalized spacial score (nSPS) is 11.3. The molecule has 2 amide bonds. The summed E-state index contributed by atoms with van der Waals surface area (Å²) in [5.41, 5.74) is 0.289. The summed E-state index contributed by atoms with van der Waals surface area (Å²) in [6.07, 6.45) is 3.17. The Labute approximate surface area is 156 Å². The van der Waals surface area contributed by atoms with Crippen LogP contribution >= 0.6 is 0 Å². The molecular formula is C19H21N3O5. The van der Waals surface area contributed by atoms with Crippen molar-refractivity contribution in [1.29, 1.82) is 0 Å². The quantitative estimate of drug-likeness (QED) is 0.734. The van der Waals surface area contributed by atoms with E-state index in [4.69, 9.17) is 4.74 Å².